The Bertz CT molecular complexity index is 670. The van der Waals surface area contributed by atoms with Gasteiger partial charge in [0.2, 0.25) is 5.28 Å². The van der Waals surface area contributed by atoms with Gasteiger partial charge in [-0.3, -0.25) is 0 Å². The Morgan fingerprint density at radius 3 is 2.95 bits per heavy atom. The second-order valence-electron chi connectivity index (χ2n) is 3.86. The molecule has 1 aromatic carbocycles. The van der Waals surface area contributed by atoms with Crippen molar-refractivity contribution in [1.82, 2.24) is 9.97 Å². The summed E-state index contributed by atoms with van der Waals surface area (Å²) in [5.41, 5.74) is 1.60. The van der Waals surface area contributed by atoms with Gasteiger partial charge >= 0.3 is 0 Å². The van der Waals surface area contributed by atoms with Crippen LogP contribution in [0.2, 0.25) is 10.3 Å². The van der Waals surface area contributed by atoms with E-state index < -0.39 is 0 Å². The van der Waals surface area contributed by atoms with E-state index in [0.717, 1.165) is 5.56 Å². The van der Waals surface area contributed by atoms with Gasteiger partial charge in [-0.2, -0.15) is 10.2 Å². The average Bonchev–Trinajstić information content (AvgIpc) is 2.43. The maximum absolute atomic E-state index is 8.60. The molecule has 1 N–H and O–H groups in total. The average molecular weight is 309 g/mol. The number of ether oxygens (including phenoxy) is 1. The molecule has 5 nitrogen and oxygen atoms in total. The largest absolute Gasteiger partial charge is 0.477 e. The molecule has 20 heavy (non-hydrogen) atoms. The number of aromatic nitrogens is 2. The molecular weight excluding hydrogens is 299 g/mol. The Hall–Kier alpha value is -2.03. The van der Waals surface area contributed by atoms with Crippen molar-refractivity contribution in [1.29, 1.82) is 5.26 Å². The molecule has 0 fully saturated rings. The molecule has 0 aliphatic rings. The summed E-state index contributed by atoms with van der Waals surface area (Å²) in [7, 11) is 0. The summed E-state index contributed by atoms with van der Waals surface area (Å²) in [5.74, 6) is 0.917. The fraction of sp³-hybridized carbons (Fsp3) is 0.154. The highest BCUT2D eigenvalue weighted by Gasteiger charge is 2.11. The molecule has 0 saturated carbocycles. The standard InChI is InChI=1S/C13H10Cl2N4O/c1-8-3-2-4-10(20-6-5-16)11(8)18-12-9(14)7-17-13(15)19-12/h2-4,7H,6H2,1H3,(H,17,18,19). The predicted octanol–water partition coefficient (Wildman–Crippen LogP) is 3.74. The molecular formula is C13H10Cl2N4O. The fourth-order valence-corrected chi connectivity index (χ4v) is 1.85. The molecule has 7 heteroatoms. The molecule has 0 radical (unpaired) electrons. The van der Waals surface area contributed by atoms with Crippen molar-refractivity contribution >= 4 is 34.7 Å². The molecule has 2 rings (SSSR count). The van der Waals surface area contributed by atoms with E-state index in [1.165, 1.54) is 6.20 Å². The van der Waals surface area contributed by atoms with E-state index in [-0.39, 0.29) is 11.9 Å². The zero-order valence-corrected chi connectivity index (χ0v) is 12.0. The minimum atomic E-state index is -0.0452. The van der Waals surface area contributed by atoms with Crippen molar-refractivity contribution in [3.63, 3.8) is 0 Å². The number of hydrogen-bond acceptors (Lipinski definition) is 5. The van der Waals surface area contributed by atoms with Crippen molar-refractivity contribution < 1.29 is 4.74 Å². The number of nitriles is 1. The summed E-state index contributed by atoms with van der Waals surface area (Å²) in [5, 5.41) is 12.1. The lowest BCUT2D eigenvalue weighted by Crippen LogP contribution is -2.02. The van der Waals surface area contributed by atoms with Crippen molar-refractivity contribution in [2.45, 2.75) is 6.92 Å². The van der Waals surface area contributed by atoms with Gasteiger partial charge < -0.3 is 10.1 Å². The van der Waals surface area contributed by atoms with Crippen molar-refractivity contribution in [2.75, 3.05) is 11.9 Å². The number of benzene rings is 1. The van der Waals surface area contributed by atoms with Crippen molar-refractivity contribution in [3.8, 4) is 11.8 Å². The summed E-state index contributed by atoms with van der Waals surface area (Å²) < 4.78 is 5.37. The quantitative estimate of drug-likeness (QED) is 0.871. The third kappa shape index (κ3) is 3.29. The molecule has 0 amide bonds. The third-order valence-corrected chi connectivity index (χ3v) is 2.94. The fourth-order valence-electron chi connectivity index (χ4n) is 1.58. The lowest BCUT2D eigenvalue weighted by Gasteiger charge is -2.14. The van der Waals surface area contributed by atoms with Gasteiger partial charge in [-0.1, -0.05) is 23.7 Å². The van der Waals surface area contributed by atoms with E-state index in [1.807, 2.05) is 25.1 Å². The summed E-state index contributed by atoms with van der Waals surface area (Å²) in [6.45, 7) is 1.86. The smallest absolute Gasteiger partial charge is 0.224 e. The van der Waals surface area contributed by atoms with Crippen LogP contribution in [0.15, 0.2) is 24.4 Å². The maximum atomic E-state index is 8.60. The molecule has 1 aromatic heterocycles. The summed E-state index contributed by atoms with van der Waals surface area (Å²) >= 11 is 11.8. The number of rotatable bonds is 4. The minimum Gasteiger partial charge on any atom is -0.477 e. The SMILES string of the molecule is Cc1cccc(OCC#N)c1Nc1nc(Cl)ncc1Cl. The van der Waals surface area contributed by atoms with Crippen molar-refractivity contribution in [2.24, 2.45) is 0 Å². The molecule has 0 saturated heterocycles. The van der Waals surface area contributed by atoms with Crippen LogP contribution in [0.1, 0.15) is 5.56 Å². The molecule has 0 bridgehead atoms. The van der Waals surface area contributed by atoms with Gasteiger partial charge in [-0.15, -0.1) is 0 Å². The van der Waals surface area contributed by atoms with Crippen LogP contribution in [-0.2, 0) is 0 Å². The van der Waals surface area contributed by atoms with E-state index in [9.17, 15) is 0 Å². The Kier molecular flexibility index (Phi) is 4.61. The van der Waals surface area contributed by atoms with Gasteiger partial charge in [0.1, 0.15) is 16.8 Å². The second kappa shape index (κ2) is 6.42. The molecule has 0 aliphatic heterocycles. The maximum Gasteiger partial charge on any atom is 0.224 e. The lowest BCUT2D eigenvalue weighted by molar-refractivity contribution is 0.370. The van der Waals surface area contributed by atoms with E-state index in [0.29, 0.717) is 22.3 Å². The Morgan fingerprint density at radius 1 is 1.40 bits per heavy atom. The summed E-state index contributed by atoms with van der Waals surface area (Å²) in [6.07, 6.45) is 1.41. The predicted molar refractivity (Wildman–Crippen MR) is 77.6 cm³/mol. The van der Waals surface area contributed by atoms with E-state index in [4.69, 9.17) is 33.2 Å². The van der Waals surface area contributed by atoms with Crippen LogP contribution in [0.5, 0.6) is 5.75 Å². The number of nitrogens with one attached hydrogen (secondary N) is 1. The normalized spacial score (nSPS) is 9.90. The summed E-state index contributed by atoms with van der Waals surface area (Å²) in [6, 6.07) is 7.41. The first-order valence-electron chi connectivity index (χ1n) is 5.66. The first-order chi connectivity index (χ1) is 9.61. The van der Waals surface area contributed by atoms with Crippen LogP contribution in [0, 0.1) is 18.3 Å². The number of hydrogen-bond donors (Lipinski definition) is 1. The first kappa shape index (κ1) is 14.4. The molecule has 102 valence electrons. The highest BCUT2D eigenvalue weighted by molar-refractivity contribution is 6.33. The van der Waals surface area contributed by atoms with Crippen LogP contribution >= 0.6 is 23.2 Å². The number of anilines is 2. The molecule has 0 atom stereocenters. The topological polar surface area (TPSA) is 70.8 Å². The number of aryl methyl sites for hydroxylation is 1. The van der Waals surface area contributed by atoms with Crippen LogP contribution in [-0.4, -0.2) is 16.6 Å². The van der Waals surface area contributed by atoms with E-state index in [1.54, 1.807) is 6.07 Å². The highest BCUT2D eigenvalue weighted by Crippen LogP contribution is 2.32. The molecule has 0 unspecified atom stereocenters. The summed E-state index contributed by atoms with van der Waals surface area (Å²) in [4.78, 5) is 7.80. The highest BCUT2D eigenvalue weighted by atomic mass is 35.5. The molecule has 0 aliphatic carbocycles. The second-order valence-corrected chi connectivity index (χ2v) is 4.60. The third-order valence-electron chi connectivity index (χ3n) is 2.48. The van der Waals surface area contributed by atoms with Gasteiger partial charge in [0.25, 0.3) is 0 Å². The van der Waals surface area contributed by atoms with E-state index in [2.05, 4.69) is 15.3 Å². The zero-order chi connectivity index (χ0) is 14.5. The minimum absolute atomic E-state index is 0.0452. The molecule has 1 heterocycles. The van der Waals surface area contributed by atoms with E-state index >= 15 is 0 Å². The van der Waals surface area contributed by atoms with Crippen LogP contribution < -0.4 is 10.1 Å². The van der Waals surface area contributed by atoms with Gasteiger partial charge in [0, 0.05) is 0 Å². The van der Waals surface area contributed by atoms with Gasteiger partial charge in [0.15, 0.2) is 12.4 Å². The zero-order valence-electron chi connectivity index (χ0n) is 10.5. The monoisotopic (exact) mass is 308 g/mol. The molecule has 0 spiro atoms. The lowest BCUT2D eigenvalue weighted by atomic mass is 10.2. The van der Waals surface area contributed by atoms with Crippen molar-refractivity contribution in [3.05, 3.63) is 40.3 Å². The molecule has 2 aromatic rings. The first-order valence-corrected chi connectivity index (χ1v) is 6.42. The Balaban J connectivity index is 2.37. The number of halogens is 2. The van der Waals surface area contributed by atoms with Gasteiger partial charge in [0.05, 0.1) is 11.9 Å². The Morgan fingerprint density at radius 2 is 2.20 bits per heavy atom. The van der Waals surface area contributed by atoms with Crippen LogP contribution in [0.4, 0.5) is 11.5 Å². The number of para-hydroxylation sites is 1. The number of nitrogens with zero attached hydrogens (tertiary/aromatic N) is 3. The van der Waals surface area contributed by atoms with Crippen LogP contribution in [0.3, 0.4) is 0 Å². The van der Waals surface area contributed by atoms with Gasteiger partial charge in [-0.05, 0) is 30.2 Å². The van der Waals surface area contributed by atoms with Crippen LogP contribution in [0.25, 0.3) is 0 Å². The van der Waals surface area contributed by atoms with Gasteiger partial charge in [-0.25, -0.2) is 4.98 Å². The Labute approximate surface area is 126 Å².